The fourth-order valence-electron chi connectivity index (χ4n) is 0.168. The lowest BCUT2D eigenvalue weighted by molar-refractivity contribution is 0.377. The molecule has 0 bridgehead atoms. The van der Waals surface area contributed by atoms with Crippen molar-refractivity contribution in [2.75, 3.05) is 0 Å². The number of hydroxylamine groups is 1. The fraction of sp³-hybridized carbons (Fsp3) is 1.00. The van der Waals surface area contributed by atoms with E-state index in [1.165, 1.54) is 0 Å². The van der Waals surface area contributed by atoms with Crippen molar-refractivity contribution < 1.29 is 4.84 Å². The van der Waals surface area contributed by atoms with E-state index in [4.69, 9.17) is 0 Å². The predicted octanol–water partition coefficient (Wildman–Crippen LogP) is 1.69. The number of nitrogens with one attached hydrogen (secondary N) is 1. The van der Waals surface area contributed by atoms with Crippen LogP contribution in [0.25, 0.3) is 0 Å². The topological polar surface area (TPSA) is 34.5 Å². The summed E-state index contributed by atoms with van der Waals surface area (Å²) >= 11 is 9.75. The van der Waals surface area contributed by atoms with Gasteiger partial charge in [0, 0.05) is 0 Å². The van der Waals surface area contributed by atoms with E-state index in [2.05, 4.69) is 58.1 Å². The molecule has 0 amide bonds. The van der Waals surface area contributed by atoms with Crippen LogP contribution in [0.2, 0.25) is 0 Å². The van der Waals surface area contributed by atoms with Gasteiger partial charge in [0.1, 0.15) is 0 Å². The molecule has 1 aliphatic heterocycles. The van der Waals surface area contributed by atoms with Crippen LogP contribution in [0.4, 0.5) is 0 Å². The Labute approximate surface area is 66.3 Å². The molecule has 0 aromatic rings. The van der Waals surface area contributed by atoms with Crippen molar-refractivity contribution in [1.82, 2.24) is 5.48 Å². The molecule has 0 aliphatic carbocycles. The second-order valence-corrected chi connectivity index (χ2v) is 8.10. The van der Waals surface area contributed by atoms with Crippen LogP contribution in [-0.2, 0) is 4.84 Å². The molecule has 5 heteroatoms. The molecule has 1 rings (SSSR count). The third-order valence-electron chi connectivity index (χ3n) is 0.533. The molecular formula is C2H2Br3NO. The predicted molar refractivity (Wildman–Crippen MR) is 37.5 cm³/mol. The molecule has 1 unspecified atom stereocenters. The number of hydrogen-bond acceptors (Lipinski definition) is 2. The van der Waals surface area contributed by atoms with Crippen LogP contribution < -0.4 is 5.48 Å². The van der Waals surface area contributed by atoms with Crippen molar-refractivity contribution in [3.05, 3.63) is 0 Å². The van der Waals surface area contributed by atoms with Gasteiger partial charge in [0.2, 0.25) is 0 Å². The van der Waals surface area contributed by atoms with Gasteiger partial charge in [0.05, 0.1) is 0 Å². The van der Waals surface area contributed by atoms with Gasteiger partial charge in [-0.05, 0) is 0 Å². The van der Waals surface area contributed by atoms with E-state index in [1.54, 1.807) is 0 Å². The first-order chi connectivity index (χ1) is 3.11. The Morgan fingerprint density at radius 2 is 1.86 bits per heavy atom. The highest BCUT2D eigenvalue weighted by Crippen LogP contribution is 2.40. The Morgan fingerprint density at radius 3 is 1.86 bits per heavy atom. The highest BCUT2D eigenvalue weighted by atomic mass is 80.0. The van der Waals surface area contributed by atoms with E-state index < -0.39 is 0 Å². The highest BCUT2D eigenvalue weighted by molar-refractivity contribution is 9.39. The monoisotopic (exact) mass is 293 g/mol. The average molecular weight is 296 g/mol. The van der Waals surface area contributed by atoms with Crippen LogP contribution >= 0.6 is 47.8 Å². The standard InChI is InChI=1S/C2H2Br3NO/c3-2(4,5)1-6-7-1/h1,6H. The highest BCUT2D eigenvalue weighted by Gasteiger charge is 2.41. The van der Waals surface area contributed by atoms with Crippen molar-refractivity contribution in [3.63, 3.8) is 0 Å². The quantitative estimate of drug-likeness (QED) is 0.545. The molecule has 1 atom stereocenters. The third kappa shape index (κ3) is 1.97. The summed E-state index contributed by atoms with van der Waals surface area (Å²) in [6.07, 6.45) is 0.0486. The zero-order valence-electron chi connectivity index (χ0n) is 3.12. The minimum absolute atomic E-state index is 0.0486. The van der Waals surface area contributed by atoms with Crippen LogP contribution in [0.1, 0.15) is 0 Å². The smallest absolute Gasteiger partial charge is 0.186 e. The summed E-state index contributed by atoms with van der Waals surface area (Å²) in [4.78, 5) is 4.68. The number of rotatable bonds is 0. The van der Waals surface area contributed by atoms with E-state index >= 15 is 0 Å². The fourth-order valence-corrected chi connectivity index (χ4v) is 0.728. The van der Waals surface area contributed by atoms with E-state index in [9.17, 15) is 0 Å². The summed E-state index contributed by atoms with van der Waals surface area (Å²) < 4.78 is -0.285. The van der Waals surface area contributed by atoms with Gasteiger partial charge >= 0.3 is 0 Å². The zero-order valence-corrected chi connectivity index (χ0v) is 7.88. The minimum atomic E-state index is -0.285. The van der Waals surface area contributed by atoms with Gasteiger partial charge in [-0.2, -0.15) is 5.48 Å². The molecule has 7 heavy (non-hydrogen) atoms. The van der Waals surface area contributed by atoms with Gasteiger partial charge in [-0.25, -0.2) is 0 Å². The SMILES string of the molecule is BrC(Br)(Br)C1NO1. The summed E-state index contributed by atoms with van der Waals surface area (Å²) in [6.45, 7) is 0. The first-order valence-corrected chi connectivity index (χ1v) is 3.96. The maximum Gasteiger partial charge on any atom is 0.186 e. The van der Waals surface area contributed by atoms with Crippen LogP contribution in [0.3, 0.4) is 0 Å². The van der Waals surface area contributed by atoms with Gasteiger partial charge in [0.25, 0.3) is 0 Å². The molecular weight excluding hydrogens is 294 g/mol. The zero-order chi connectivity index (χ0) is 5.49. The van der Waals surface area contributed by atoms with Crippen molar-refractivity contribution in [2.45, 2.75) is 8.37 Å². The van der Waals surface area contributed by atoms with E-state index in [0.717, 1.165) is 0 Å². The molecule has 1 heterocycles. The molecule has 1 saturated heterocycles. The Kier molecular flexibility index (Phi) is 1.80. The third-order valence-corrected chi connectivity index (χ3v) is 1.78. The van der Waals surface area contributed by atoms with Gasteiger partial charge in [-0.1, -0.05) is 47.8 Å². The maximum absolute atomic E-state index is 4.68. The molecule has 42 valence electrons. The summed E-state index contributed by atoms with van der Waals surface area (Å²) in [7, 11) is 0. The van der Waals surface area contributed by atoms with Gasteiger partial charge in [-0.15, -0.1) is 0 Å². The second-order valence-electron chi connectivity index (χ2n) is 1.16. The van der Waals surface area contributed by atoms with Crippen LogP contribution in [0.15, 0.2) is 0 Å². The Morgan fingerprint density at radius 1 is 1.43 bits per heavy atom. The largest absolute Gasteiger partial charge is 0.275 e. The molecule has 1 N–H and O–H groups in total. The molecule has 0 saturated carbocycles. The second kappa shape index (κ2) is 1.95. The summed E-state index contributed by atoms with van der Waals surface area (Å²) in [5.74, 6) is 0. The van der Waals surface area contributed by atoms with Crippen molar-refractivity contribution in [3.8, 4) is 0 Å². The summed E-state index contributed by atoms with van der Waals surface area (Å²) in [6, 6.07) is 0. The van der Waals surface area contributed by atoms with Crippen molar-refractivity contribution >= 4 is 47.8 Å². The maximum atomic E-state index is 4.68. The first-order valence-electron chi connectivity index (χ1n) is 1.58. The summed E-state index contributed by atoms with van der Waals surface area (Å²) in [5.41, 5.74) is 2.63. The van der Waals surface area contributed by atoms with E-state index in [1.807, 2.05) is 0 Å². The average Bonchev–Trinajstić information content (AvgIpc) is 1.99. The number of hydrogen-bond donors (Lipinski definition) is 1. The summed E-state index contributed by atoms with van der Waals surface area (Å²) in [5, 5.41) is 0. The molecule has 1 aliphatic rings. The number of halogens is 3. The first kappa shape index (κ1) is 6.48. The van der Waals surface area contributed by atoms with Gasteiger partial charge in [-0.3, -0.25) is 4.84 Å². The minimum Gasteiger partial charge on any atom is -0.275 e. The molecule has 0 aromatic heterocycles. The number of alkyl halides is 3. The van der Waals surface area contributed by atoms with Gasteiger partial charge < -0.3 is 0 Å². The Hall–Kier alpha value is 1.36. The molecule has 1 fully saturated rings. The lowest BCUT2D eigenvalue weighted by Crippen LogP contribution is -2.11. The van der Waals surface area contributed by atoms with E-state index in [0.29, 0.717) is 0 Å². The van der Waals surface area contributed by atoms with Crippen molar-refractivity contribution in [2.24, 2.45) is 0 Å². The Balaban J connectivity index is 2.36. The molecule has 2 nitrogen and oxygen atoms in total. The lowest BCUT2D eigenvalue weighted by atomic mass is 10.8. The normalized spacial score (nSPS) is 30.4. The molecule has 0 radical (unpaired) electrons. The van der Waals surface area contributed by atoms with Crippen LogP contribution in [0.5, 0.6) is 0 Å². The van der Waals surface area contributed by atoms with Crippen molar-refractivity contribution in [1.29, 1.82) is 0 Å². The van der Waals surface area contributed by atoms with Crippen LogP contribution in [-0.4, -0.2) is 8.37 Å². The van der Waals surface area contributed by atoms with E-state index in [-0.39, 0.29) is 8.37 Å². The molecule has 0 aromatic carbocycles. The van der Waals surface area contributed by atoms with Crippen LogP contribution in [0, 0.1) is 0 Å². The van der Waals surface area contributed by atoms with Gasteiger partial charge in [0.15, 0.2) is 8.37 Å². The molecule has 0 spiro atoms. The Bertz CT molecular complexity index is 75.5. The lowest BCUT2D eigenvalue weighted by Gasteiger charge is -2.02.